The summed E-state index contributed by atoms with van der Waals surface area (Å²) in [5, 5.41) is 8.86. The number of rotatable bonds is 4. The molecule has 0 atom stereocenters. The van der Waals surface area contributed by atoms with Crippen molar-refractivity contribution in [3.05, 3.63) is 47.8 Å². The summed E-state index contributed by atoms with van der Waals surface area (Å²) in [4.78, 5) is 18.9. The van der Waals surface area contributed by atoms with E-state index in [0.717, 1.165) is 12.0 Å². The standard InChI is InChI=1S/C13H12N2O3/c1-2-9-7-14-13(15-8-9)18-11-5-3-4-10(6-11)12(16)17/h3-8H,2H2,1H3,(H,16,17). The summed E-state index contributed by atoms with van der Waals surface area (Å²) in [6.07, 6.45) is 4.22. The maximum Gasteiger partial charge on any atom is 0.335 e. The van der Waals surface area contributed by atoms with Crippen LogP contribution in [0.1, 0.15) is 22.8 Å². The molecule has 0 saturated carbocycles. The molecule has 0 aliphatic heterocycles. The lowest BCUT2D eigenvalue weighted by atomic mass is 10.2. The van der Waals surface area contributed by atoms with E-state index in [1.165, 1.54) is 12.1 Å². The molecule has 1 aromatic carbocycles. The molecule has 5 heteroatoms. The highest BCUT2D eigenvalue weighted by Crippen LogP contribution is 2.18. The van der Waals surface area contributed by atoms with Crippen LogP contribution in [0.5, 0.6) is 11.8 Å². The van der Waals surface area contributed by atoms with E-state index in [0.29, 0.717) is 5.75 Å². The molecule has 5 nitrogen and oxygen atoms in total. The molecule has 92 valence electrons. The molecule has 0 radical (unpaired) electrons. The Hall–Kier alpha value is -2.43. The molecule has 0 aliphatic rings. The maximum absolute atomic E-state index is 10.8. The van der Waals surface area contributed by atoms with Crippen molar-refractivity contribution in [2.45, 2.75) is 13.3 Å². The molecule has 1 heterocycles. The first-order valence-electron chi connectivity index (χ1n) is 5.51. The van der Waals surface area contributed by atoms with Gasteiger partial charge in [-0.3, -0.25) is 0 Å². The third-order valence-corrected chi connectivity index (χ3v) is 2.38. The quantitative estimate of drug-likeness (QED) is 0.894. The number of ether oxygens (including phenoxy) is 1. The lowest BCUT2D eigenvalue weighted by Gasteiger charge is -2.04. The van der Waals surface area contributed by atoms with Crippen LogP contribution in [-0.2, 0) is 6.42 Å². The molecule has 1 aromatic heterocycles. The van der Waals surface area contributed by atoms with Crippen molar-refractivity contribution in [3.8, 4) is 11.8 Å². The van der Waals surface area contributed by atoms with Crippen molar-refractivity contribution in [2.75, 3.05) is 0 Å². The predicted molar refractivity (Wildman–Crippen MR) is 64.9 cm³/mol. The highest BCUT2D eigenvalue weighted by Gasteiger charge is 2.05. The zero-order chi connectivity index (χ0) is 13.0. The summed E-state index contributed by atoms with van der Waals surface area (Å²) in [5.41, 5.74) is 1.18. The Morgan fingerprint density at radius 3 is 2.67 bits per heavy atom. The first kappa shape index (κ1) is 12.0. The van der Waals surface area contributed by atoms with Crippen LogP contribution in [0, 0.1) is 0 Å². The Labute approximate surface area is 104 Å². The molecule has 1 N–H and O–H groups in total. The topological polar surface area (TPSA) is 72.3 Å². The van der Waals surface area contributed by atoms with Gasteiger partial charge in [0.05, 0.1) is 5.56 Å². The first-order chi connectivity index (χ1) is 8.69. The fourth-order valence-corrected chi connectivity index (χ4v) is 1.38. The van der Waals surface area contributed by atoms with Gasteiger partial charge >= 0.3 is 12.0 Å². The van der Waals surface area contributed by atoms with Gasteiger partial charge in [0.1, 0.15) is 5.75 Å². The molecule has 2 aromatic rings. The molecule has 0 amide bonds. The van der Waals surface area contributed by atoms with Crippen LogP contribution in [0.15, 0.2) is 36.7 Å². The molecule has 18 heavy (non-hydrogen) atoms. The number of carbonyl (C=O) groups is 1. The Morgan fingerprint density at radius 2 is 2.06 bits per heavy atom. The summed E-state index contributed by atoms with van der Waals surface area (Å²) < 4.78 is 5.38. The van der Waals surface area contributed by atoms with Crippen LogP contribution in [0.4, 0.5) is 0 Å². The molecule has 0 fully saturated rings. The lowest BCUT2D eigenvalue weighted by molar-refractivity contribution is 0.0696. The summed E-state index contributed by atoms with van der Waals surface area (Å²) >= 11 is 0. The molecule has 0 spiro atoms. The highest BCUT2D eigenvalue weighted by molar-refractivity contribution is 5.88. The van der Waals surface area contributed by atoms with E-state index in [2.05, 4.69) is 9.97 Å². The number of aromatic nitrogens is 2. The minimum atomic E-state index is -0.998. The number of nitrogens with zero attached hydrogens (tertiary/aromatic N) is 2. The number of carboxylic acid groups (broad SMARTS) is 1. The van der Waals surface area contributed by atoms with E-state index < -0.39 is 5.97 Å². The summed E-state index contributed by atoms with van der Waals surface area (Å²) in [6, 6.07) is 6.40. The zero-order valence-corrected chi connectivity index (χ0v) is 9.83. The number of aryl methyl sites for hydroxylation is 1. The lowest BCUT2D eigenvalue weighted by Crippen LogP contribution is -1.97. The van der Waals surface area contributed by atoms with Gasteiger partial charge in [-0.1, -0.05) is 13.0 Å². The van der Waals surface area contributed by atoms with E-state index in [4.69, 9.17) is 9.84 Å². The minimum Gasteiger partial charge on any atom is -0.478 e. The summed E-state index contributed by atoms with van der Waals surface area (Å²) in [7, 11) is 0. The van der Waals surface area contributed by atoms with Crippen LogP contribution < -0.4 is 4.74 Å². The Balaban J connectivity index is 2.17. The Morgan fingerprint density at radius 1 is 1.33 bits per heavy atom. The molecular formula is C13H12N2O3. The molecule has 0 saturated heterocycles. The molecule has 2 rings (SSSR count). The average Bonchev–Trinajstić information content (AvgIpc) is 2.40. The number of aromatic carboxylic acids is 1. The Kier molecular flexibility index (Phi) is 3.52. The van der Waals surface area contributed by atoms with E-state index in [1.54, 1.807) is 24.5 Å². The highest BCUT2D eigenvalue weighted by atomic mass is 16.5. The zero-order valence-electron chi connectivity index (χ0n) is 9.83. The average molecular weight is 244 g/mol. The van der Waals surface area contributed by atoms with Crippen molar-refractivity contribution >= 4 is 5.97 Å². The smallest absolute Gasteiger partial charge is 0.335 e. The van der Waals surface area contributed by atoms with Crippen LogP contribution in [0.25, 0.3) is 0 Å². The summed E-state index contributed by atoms with van der Waals surface area (Å²) in [6.45, 7) is 2.01. The third-order valence-electron chi connectivity index (χ3n) is 2.38. The summed E-state index contributed by atoms with van der Waals surface area (Å²) in [5.74, 6) is -0.596. The molecule has 0 unspecified atom stereocenters. The molecular weight excluding hydrogens is 232 g/mol. The van der Waals surface area contributed by atoms with Gasteiger partial charge in [-0.05, 0) is 30.2 Å². The van der Waals surface area contributed by atoms with Crippen molar-refractivity contribution in [1.29, 1.82) is 0 Å². The number of hydrogen-bond acceptors (Lipinski definition) is 4. The SMILES string of the molecule is CCc1cnc(Oc2cccc(C(=O)O)c2)nc1. The second-order valence-electron chi connectivity index (χ2n) is 3.66. The van der Waals surface area contributed by atoms with Crippen LogP contribution in [-0.4, -0.2) is 21.0 Å². The largest absolute Gasteiger partial charge is 0.478 e. The second-order valence-corrected chi connectivity index (χ2v) is 3.66. The van der Waals surface area contributed by atoms with Crippen molar-refractivity contribution in [2.24, 2.45) is 0 Å². The van der Waals surface area contributed by atoms with Crippen LogP contribution in [0.2, 0.25) is 0 Å². The fraction of sp³-hybridized carbons (Fsp3) is 0.154. The van der Waals surface area contributed by atoms with Gasteiger partial charge in [0, 0.05) is 12.4 Å². The van der Waals surface area contributed by atoms with E-state index >= 15 is 0 Å². The van der Waals surface area contributed by atoms with Crippen molar-refractivity contribution < 1.29 is 14.6 Å². The third kappa shape index (κ3) is 2.82. The normalized spacial score (nSPS) is 10.1. The van der Waals surface area contributed by atoms with Gasteiger partial charge in [0.25, 0.3) is 0 Å². The van der Waals surface area contributed by atoms with Crippen molar-refractivity contribution in [3.63, 3.8) is 0 Å². The van der Waals surface area contributed by atoms with Gasteiger partial charge in [-0.15, -0.1) is 0 Å². The fourth-order valence-electron chi connectivity index (χ4n) is 1.38. The Bertz CT molecular complexity index is 552. The second kappa shape index (κ2) is 5.27. The van der Waals surface area contributed by atoms with E-state index in [1.807, 2.05) is 6.92 Å². The van der Waals surface area contributed by atoms with Gasteiger partial charge < -0.3 is 9.84 Å². The monoisotopic (exact) mass is 244 g/mol. The molecule has 0 aliphatic carbocycles. The van der Waals surface area contributed by atoms with Crippen LogP contribution >= 0.6 is 0 Å². The van der Waals surface area contributed by atoms with Gasteiger partial charge in [-0.2, -0.15) is 0 Å². The number of benzene rings is 1. The predicted octanol–water partition coefficient (Wildman–Crippen LogP) is 2.53. The van der Waals surface area contributed by atoms with E-state index in [-0.39, 0.29) is 11.6 Å². The van der Waals surface area contributed by atoms with Gasteiger partial charge in [0.2, 0.25) is 0 Å². The van der Waals surface area contributed by atoms with Gasteiger partial charge in [0.15, 0.2) is 0 Å². The maximum atomic E-state index is 10.8. The first-order valence-corrected chi connectivity index (χ1v) is 5.51. The number of hydrogen-bond donors (Lipinski definition) is 1. The molecule has 0 bridgehead atoms. The van der Waals surface area contributed by atoms with Crippen LogP contribution in [0.3, 0.4) is 0 Å². The van der Waals surface area contributed by atoms with Crippen molar-refractivity contribution in [1.82, 2.24) is 9.97 Å². The number of carboxylic acids is 1. The van der Waals surface area contributed by atoms with E-state index in [9.17, 15) is 4.79 Å². The van der Waals surface area contributed by atoms with Gasteiger partial charge in [-0.25, -0.2) is 14.8 Å². The minimum absolute atomic E-state index is 0.165.